The fraction of sp³-hybridized carbons (Fsp3) is 0.250. The molecule has 0 N–H and O–H groups in total. The molecule has 144 valence electrons. The maximum absolute atomic E-state index is 12.5. The highest BCUT2D eigenvalue weighted by atomic mass is 32.2. The normalized spacial score (nSPS) is 19.3. The summed E-state index contributed by atoms with van der Waals surface area (Å²) in [4.78, 5) is 41.1. The molecule has 2 aromatic rings. The number of fused-ring (bicyclic) bond motifs is 1. The maximum atomic E-state index is 12.5. The first-order valence-corrected chi connectivity index (χ1v) is 10.7. The molecule has 0 saturated carbocycles. The third-order valence-electron chi connectivity index (χ3n) is 4.49. The lowest BCUT2D eigenvalue weighted by Gasteiger charge is -2.28. The number of benzene rings is 2. The zero-order valence-electron chi connectivity index (χ0n) is 14.9. The number of hydrogen-bond donors (Lipinski definition) is 0. The van der Waals surface area contributed by atoms with Gasteiger partial charge in [-0.3, -0.25) is 19.3 Å². The van der Waals surface area contributed by atoms with Gasteiger partial charge in [0.15, 0.2) is 5.44 Å². The summed E-state index contributed by atoms with van der Waals surface area (Å²) in [6.07, 6.45) is 0. The largest absolute Gasteiger partial charge is 0.355 e. The van der Waals surface area contributed by atoms with E-state index in [9.17, 15) is 14.4 Å². The Labute approximate surface area is 171 Å². The summed E-state index contributed by atoms with van der Waals surface area (Å²) in [7, 11) is 0. The lowest BCUT2D eigenvalue weighted by molar-refractivity contribution is -0.134. The average Bonchev–Trinajstić information content (AvgIpc) is 2.98. The molecule has 0 bridgehead atoms. The summed E-state index contributed by atoms with van der Waals surface area (Å²) in [5.41, 5.74) is 0.727. The Morgan fingerprint density at radius 1 is 1.00 bits per heavy atom. The molecule has 3 amide bonds. The highest BCUT2D eigenvalue weighted by Crippen LogP contribution is 2.31. The van der Waals surface area contributed by atoms with Gasteiger partial charge in [0.1, 0.15) is 0 Å². The Morgan fingerprint density at radius 2 is 1.75 bits per heavy atom. The van der Waals surface area contributed by atoms with Gasteiger partial charge in [-0.1, -0.05) is 42.5 Å². The number of amides is 3. The topological polar surface area (TPSA) is 66.9 Å². The van der Waals surface area contributed by atoms with Crippen LogP contribution in [0.3, 0.4) is 0 Å². The standard InChI is InChI=1S/C20H18N2O4S2/c23-17-15-8-4-5-9-16(15)27-13-21(17)10-11-26-19-18(24)22(20(25)28-19)12-14-6-2-1-3-7-14/h1-9,19H,10-13H2. The van der Waals surface area contributed by atoms with Crippen molar-refractivity contribution >= 4 is 40.6 Å². The van der Waals surface area contributed by atoms with Gasteiger partial charge in [-0.25, -0.2) is 0 Å². The van der Waals surface area contributed by atoms with Crippen molar-refractivity contribution in [2.45, 2.75) is 16.9 Å². The molecule has 2 heterocycles. The fourth-order valence-electron chi connectivity index (χ4n) is 3.02. The number of nitrogens with zero attached hydrogens (tertiary/aromatic N) is 2. The maximum Gasteiger partial charge on any atom is 0.291 e. The van der Waals surface area contributed by atoms with E-state index in [2.05, 4.69) is 0 Å². The van der Waals surface area contributed by atoms with Crippen LogP contribution in [0.15, 0.2) is 59.5 Å². The van der Waals surface area contributed by atoms with Crippen LogP contribution >= 0.6 is 23.5 Å². The molecular formula is C20H18N2O4S2. The van der Waals surface area contributed by atoms with E-state index in [-0.39, 0.29) is 30.2 Å². The van der Waals surface area contributed by atoms with Gasteiger partial charge < -0.3 is 9.64 Å². The van der Waals surface area contributed by atoms with Gasteiger partial charge in [-0.05, 0) is 29.5 Å². The molecule has 0 aromatic heterocycles. The molecule has 1 unspecified atom stereocenters. The van der Waals surface area contributed by atoms with Crippen LogP contribution in [-0.2, 0) is 16.1 Å². The molecule has 1 fully saturated rings. The minimum atomic E-state index is -0.851. The van der Waals surface area contributed by atoms with Crippen molar-refractivity contribution in [3.8, 4) is 0 Å². The number of rotatable bonds is 6. The number of carbonyl (C=O) groups is 3. The predicted octanol–water partition coefficient (Wildman–Crippen LogP) is 3.43. The van der Waals surface area contributed by atoms with Crippen molar-refractivity contribution < 1.29 is 19.1 Å². The van der Waals surface area contributed by atoms with Gasteiger partial charge in [-0.2, -0.15) is 0 Å². The van der Waals surface area contributed by atoms with E-state index in [1.54, 1.807) is 16.7 Å². The van der Waals surface area contributed by atoms with Gasteiger partial charge in [-0.15, -0.1) is 11.8 Å². The highest BCUT2D eigenvalue weighted by molar-refractivity contribution is 8.15. The van der Waals surface area contributed by atoms with E-state index in [1.165, 1.54) is 4.90 Å². The fourth-order valence-corrected chi connectivity index (χ4v) is 4.90. The van der Waals surface area contributed by atoms with Crippen molar-refractivity contribution in [2.24, 2.45) is 0 Å². The SMILES string of the molecule is O=C1c2ccccc2SCN1CCOC1SC(=O)N(Cc2ccccc2)C1=O. The smallest absolute Gasteiger partial charge is 0.291 e. The Morgan fingerprint density at radius 3 is 2.57 bits per heavy atom. The minimum absolute atomic E-state index is 0.0369. The number of ether oxygens (including phenoxy) is 1. The van der Waals surface area contributed by atoms with Gasteiger partial charge in [0.05, 0.1) is 24.6 Å². The lowest BCUT2D eigenvalue weighted by Crippen LogP contribution is -2.38. The Bertz CT molecular complexity index is 906. The second-order valence-electron chi connectivity index (χ2n) is 6.33. The second-order valence-corrected chi connectivity index (χ2v) is 8.33. The van der Waals surface area contributed by atoms with Gasteiger partial charge >= 0.3 is 0 Å². The lowest BCUT2D eigenvalue weighted by atomic mass is 10.2. The van der Waals surface area contributed by atoms with Crippen LogP contribution in [0.25, 0.3) is 0 Å². The third-order valence-corrected chi connectivity index (χ3v) is 6.57. The van der Waals surface area contributed by atoms with Crippen molar-refractivity contribution in [2.75, 3.05) is 19.0 Å². The number of carbonyl (C=O) groups excluding carboxylic acids is 3. The Balaban J connectivity index is 1.30. The van der Waals surface area contributed by atoms with Crippen molar-refractivity contribution in [3.05, 3.63) is 65.7 Å². The summed E-state index contributed by atoms with van der Waals surface area (Å²) in [6.45, 7) is 0.811. The second kappa shape index (κ2) is 8.38. The van der Waals surface area contributed by atoms with Crippen molar-refractivity contribution in [1.29, 1.82) is 0 Å². The van der Waals surface area contributed by atoms with E-state index >= 15 is 0 Å². The molecule has 2 aromatic carbocycles. The van der Waals surface area contributed by atoms with Crippen LogP contribution in [0.4, 0.5) is 4.79 Å². The van der Waals surface area contributed by atoms with Crippen LogP contribution in [0, 0.1) is 0 Å². The molecule has 4 rings (SSSR count). The van der Waals surface area contributed by atoms with Crippen molar-refractivity contribution in [1.82, 2.24) is 9.80 Å². The number of thioether (sulfide) groups is 2. The summed E-state index contributed by atoms with van der Waals surface area (Å²) in [5.74, 6) is 0.165. The van der Waals surface area contributed by atoms with E-state index < -0.39 is 5.44 Å². The van der Waals surface area contributed by atoms with Crippen LogP contribution < -0.4 is 0 Å². The van der Waals surface area contributed by atoms with E-state index in [0.717, 1.165) is 22.2 Å². The molecule has 0 radical (unpaired) electrons. The molecule has 0 aliphatic carbocycles. The number of imide groups is 1. The summed E-state index contributed by atoms with van der Waals surface area (Å²) < 4.78 is 5.64. The first kappa shape index (κ1) is 19.0. The number of hydrogen-bond acceptors (Lipinski definition) is 6. The van der Waals surface area contributed by atoms with E-state index in [4.69, 9.17) is 4.74 Å². The van der Waals surface area contributed by atoms with Crippen LogP contribution in [-0.4, -0.2) is 51.3 Å². The molecule has 2 aliphatic rings. The first-order chi connectivity index (χ1) is 13.6. The van der Waals surface area contributed by atoms with Gasteiger partial charge in [0.2, 0.25) is 0 Å². The van der Waals surface area contributed by atoms with E-state index in [1.807, 2.05) is 54.6 Å². The summed E-state index contributed by atoms with van der Waals surface area (Å²) >= 11 is 2.48. The van der Waals surface area contributed by atoms with Crippen LogP contribution in [0.1, 0.15) is 15.9 Å². The van der Waals surface area contributed by atoms with Gasteiger partial charge in [0.25, 0.3) is 17.1 Å². The van der Waals surface area contributed by atoms with Crippen molar-refractivity contribution in [3.63, 3.8) is 0 Å². The van der Waals surface area contributed by atoms with E-state index in [0.29, 0.717) is 18.0 Å². The molecule has 8 heteroatoms. The monoisotopic (exact) mass is 414 g/mol. The quantitative estimate of drug-likeness (QED) is 0.722. The Kier molecular flexibility index (Phi) is 5.70. The van der Waals surface area contributed by atoms with Crippen LogP contribution in [0.2, 0.25) is 0 Å². The highest BCUT2D eigenvalue weighted by Gasteiger charge is 2.40. The summed E-state index contributed by atoms with van der Waals surface area (Å²) in [5, 5.41) is -0.308. The third kappa shape index (κ3) is 3.94. The minimum Gasteiger partial charge on any atom is -0.355 e. The summed E-state index contributed by atoms with van der Waals surface area (Å²) in [6, 6.07) is 16.9. The zero-order valence-corrected chi connectivity index (χ0v) is 16.6. The molecular weight excluding hydrogens is 396 g/mol. The first-order valence-electron chi connectivity index (χ1n) is 8.82. The molecule has 0 spiro atoms. The molecule has 1 saturated heterocycles. The molecule has 2 aliphatic heterocycles. The zero-order chi connectivity index (χ0) is 19.5. The average molecular weight is 415 g/mol. The molecule has 6 nitrogen and oxygen atoms in total. The van der Waals surface area contributed by atoms with Crippen LogP contribution in [0.5, 0.6) is 0 Å². The van der Waals surface area contributed by atoms with Gasteiger partial charge in [0, 0.05) is 11.4 Å². The predicted molar refractivity (Wildman–Crippen MR) is 108 cm³/mol. The Hall–Kier alpha value is -2.29. The molecule has 1 atom stereocenters. The molecule has 28 heavy (non-hydrogen) atoms.